The molecule has 0 bridgehead atoms. The van der Waals surface area contributed by atoms with E-state index in [0.29, 0.717) is 19.3 Å². The average Bonchev–Trinajstić information content (AvgIpc) is 3.37. The van der Waals surface area contributed by atoms with Gasteiger partial charge in [-0.05, 0) is 86.4 Å². The second-order valence-electron chi connectivity index (χ2n) is 21.0. The van der Waals surface area contributed by atoms with E-state index in [1.165, 1.54) is 0 Å². The molecule has 0 saturated carbocycles. The maximum Gasteiger partial charge on any atom is 0.370 e. The minimum atomic E-state index is -5.30. The lowest BCUT2D eigenvalue weighted by Crippen LogP contribution is -2.82. The number of carboxylic acid groups (broad SMARTS) is 1. The van der Waals surface area contributed by atoms with Gasteiger partial charge in [0.2, 0.25) is 0 Å². The Labute approximate surface area is 437 Å². The monoisotopic (exact) mass is 1100 g/mol. The van der Waals surface area contributed by atoms with E-state index >= 15 is 0 Å². The van der Waals surface area contributed by atoms with E-state index in [4.69, 9.17) is 0 Å². The molecule has 26 N–H and O–H groups in total. The SMILES string of the molecule is CCCCCCCCCC(CC(O)CO)C(CC(O)CO)(CC(O)CO)C(CC(O)CO)(CC(O)CO)C(CC(O)CO)(CC(O)CO)C(CC(O)CO)(CC(O)CO)C(O)(CC(O)CO)C(O)(O)C(O)(O)C(=O)O. The molecule has 0 spiro atoms. The highest BCUT2D eigenvalue weighted by Crippen LogP contribution is 2.77. The Balaban J connectivity index is 11.5. The zero-order chi connectivity index (χ0) is 58.2. The molecular formula is C48H96O27. The predicted octanol–water partition coefficient (Wildman–Crippen LogP) is -7.70. The molecule has 0 aliphatic rings. The fourth-order valence-corrected chi connectivity index (χ4v) is 12.7. The Kier molecular flexibility index (Phi) is 33.2. The summed E-state index contributed by atoms with van der Waals surface area (Å²) in [5, 5.41) is 299. The topological polar surface area (TPSA) is 543 Å². The molecule has 12 unspecified atom stereocenters. The Hall–Kier alpha value is -1.53. The average molecular weight is 1110 g/mol. The Morgan fingerprint density at radius 2 is 0.640 bits per heavy atom. The van der Waals surface area contributed by atoms with E-state index in [1.807, 2.05) is 6.92 Å². The van der Waals surface area contributed by atoms with Crippen molar-refractivity contribution in [2.24, 2.45) is 27.6 Å². The van der Waals surface area contributed by atoms with Gasteiger partial charge in [0.1, 0.15) is 5.60 Å². The lowest BCUT2D eigenvalue weighted by molar-refractivity contribution is -0.440. The van der Waals surface area contributed by atoms with Gasteiger partial charge >= 0.3 is 11.8 Å². The van der Waals surface area contributed by atoms with Crippen molar-refractivity contribution in [2.75, 3.05) is 66.1 Å². The third kappa shape index (κ3) is 17.7. The third-order valence-electron chi connectivity index (χ3n) is 15.8. The third-order valence-corrected chi connectivity index (χ3v) is 15.8. The molecule has 27 heteroatoms. The van der Waals surface area contributed by atoms with E-state index < -0.39 is 242 Å². The van der Waals surface area contributed by atoms with Crippen molar-refractivity contribution < 1.29 is 138 Å². The van der Waals surface area contributed by atoms with Gasteiger partial charge in [0.25, 0.3) is 5.79 Å². The highest BCUT2D eigenvalue weighted by atomic mass is 16.6. The number of carbonyl (C=O) groups is 1. The molecule has 0 rings (SSSR count). The number of aliphatic hydroxyl groups is 25. The number of hydrogen-bond donors (Lipinski definition) is 26. The lowest BCUT2D eigenvalue weighted by atomic mass is 9.31. The molecule has 12 atom stereocenters. The van der Waals surface area contributed by atoms with Crippen molar-refractivity contribution in [1.29, 1.82) is 0 Å². The number of rotatable bonds is 46. The molecule has 0 aliphatic carbocycles. The molecule has 0 heterocycles. The van der Waals surface area contributed by atoms with Crippen LogP contribution < -0.4 is 0 Å². The van der Waals surface area contributed by atoms with Crippen LogP contribution in [0.15, 0.2) is 0 Å². The quantitative estimate of drug-likeness (QED) is 0.0199. The molecule has 450 valence electrons. The maximum absolute atomic E-state index is 13.9. The van der Waals surface area contributed by atoms with Crippen LogP contribution >= 0.6 is 0 Å². The van der Waals surface area contributed by atoms with Crippen LogP contribution in [-0.2, 0) is 4.79 Å². The number of aliphatic carboxylic acids is 1. The summed E-state index contributed by atoms with van der Waals surface area (Å²) >= 11 is 0. The summed E-state index contributed by atoms with van der Waals surface area (Å²) in [6.07, 6.45) is -34.3. The molecule has 0 saturated heterocycles. The number of aliphatic hydroxyl groups excluding tert-OH is 20. The van der Waals surface area contributed by atoms with Gasteiger partial charge in [0.05, 0.1) is 127 Å². The lowest BCUT2D eigenvalue weighted by Gasteiger charge is -2.74. The molecule has 0 aromatic carbocycles. The number of carboxylic acids is 1. The highest BCUT2D eigenvalue weighted by molar-refractivity contribution is 5.76. The zero-order valence-electron chi connectivity index (χ0n) is 43.2. The zero-order valence-corrected chi connectivity index (χ0v) is 43.2. The van der Waals surface area contributed by atoms with Gasteiger partial charge in [-0.2, -0.15) is 0 Å². The normalized spacial score (nSPS) is 21.4. The number of hydrogen-bond acceptors (Lipinski definition) is 26. The Bertz CT molecular complexity index is 1480. The fourth-order valence-electron chi connectivity index (χ4n) is 12.7. The molecule has 0 aromatic heterocycles. The predicted molar refractivity (Wildman–Crippen MR) is 260 cm³/mol. The summed E-state index contributed by atoms with van der Waals surface area (Å²) < 4.78 is 0. The van der Waals surface area contributed by atoms with Crippen molar-refractivity contribution >= 4 is 5.97 Å². The van der Waals surface area contributed by atoms with Crippen molar-refractivity contribution in [1.82, 2.24) is 0 Å². The molecular weight excluding hydrogens is 1010 g/mol. The van der Waals surface area contributed by atoms with Crippen LogP contribution in [0, 0.1) is 27.6 Å². The van der Waals surface area contributed by atoms with Crippen molar-refractivity contribution in [3.05, 3.63) is 0 Å². The van der Waals surface area contributed by atoms with Crippen LogP contribution in [0.5, 0.6) is 0 Å². The molecule has 27 nitrogen and oxygen atoms in total. The Morgan fingerprint density at radius 3 is 0.960 bits per heavy atom. The summed E-state index contributed by atoms with van der Waals surface area (Å²) in [7, 11) is 0. The summed E-state index contributed by atoms with van der Waals surface area (Å²) in [6.45, 7) is -12.1. The first-order valence-electron chi connectivity index (χ1n) is 25.7. The van der Waals surface area contributed by atoms with Gasteiger partial charge in [-0.1, -0.05) is 51.9 Å². The first-order chi connectivity index (χ1) is 34.9. The minimum absolute atomic E-state index is 0.0740. The van der Waals surface area contributed by atoms with Crippen LogP contribution in [0.2, 0.25) is 0 Å². The van der Waals surface area contributed by atoms with E-state index in [9.17, 15) is 138 Å². The first-order valence-corrected chi connectivity index (χ1v) is 25.7. The Morgan fingerprint density at radius 1 is 0.360 bits per heavy atom. The largest absolute Gasteiger partial charge is 0.477 e. The van der Waals surface area contributed by atoms with Crippen LogP contribution in [0.1, 0.15) is 122 Å². The van der Waals surface area contributed by atoms with E-state index in [-0.39, 0.29) is 12.8 Å². The standard InChI is InChI=1S/C48H96O27/c1-2-3-4-5-6-7-8-9-30(10-31(59)20-49)42(11-32(60)21-50,12-33(61)22-51)43(13-34(62)23-52,14-35(63)24-53)44(15-36(64)25-54,16-37(65)26-55)45(17-38(66)27-56,18-39(67)28-57)46(71,19-40(68)29-58)48(74,75)47(72,73)41(69)70/h30-40,49-68,71-75H,2-29H2,1H3,(H,69,70). The fraction of sp³-hybridized carbons (Fsp3) is 0.979. The summed E-state index contributed by atoms with van der Waals surface area (Å²) in [6, 6.07) is 0. The summed E-state index contributed by atoms with van der Waals surface area (Å²) in [5.74, 6) is -15.1. The minimum Gasteiger partial charge on any atom is -0.477 e. The van der Waals surface area contributed by atoms with Crippen LogP contribution in [-0.4, -0.2) is 283 Å². The smallest absolute Gasteiger partial charge is 0.370 e. The van der Waals surface area contributed by atoms with Crippen molar-refractivity contribution in [2.45, 2.75) is 201 Å². The van der Waals surface area contributed by atoms with E-state index in [2.05, 4.69) is 0 Å². The van der Waals surface area contributed by atoms with Crippen molar-refractivity contribution in [3.63, 3.8) is 0 Å². The summed E-state index contributed by atoms with van der Waals surface area (Å²) in [4.78, 5) is 12.9. The van der Waals surface area contributed by atoms with Gasteiger partial charge in [0.15, 0.2) is 0 Å². The molecule has 0 fully saturated rings. The second-order valence-corrected chi connectivity index (χ2v) is 21.0. The van der Waals surface area contributed by atoms with Crippen LogP contribution in [0.25, 0.3) is 0 Å². The summed E-state index contributed by atoms with van der Waals surface area (Å²) in [5.41, 5.74) is -18.0. The molecule has 0 aliphatic heterocycles. The van der Waals surface area contributed by atoms with Crippen LogP contribution in [0.3, 0.4) is 0 Å². The van der Waals surface area contributed by atoms with Gasteiger partial charge in [-0.15, -0.1) is 0 Å². The number of unbranched alkanes of at least 4 members (excludes halogenated alkanes) is 6. The van der Waals surface area contributed by atoms with Gasteiger partial charge in [-0.3, -0.25) is 0 Å². The molecule has 75 heavy (non-hydrogen) atoms. The molecule has 0 aromatic rings. The maximum atomic E-state index is 13.9. The first kappa shape index (κ1) is 73.5. The molecule has 0 radical (unpaired) electrons. The van der Waals surface area contributed by atoms with Crippen LogP contribution in [0.4, 0.5) is 0 Å². The second kappa shape index (κ2) is 33.9. The molecule has 0 amide bonds. The van der Waals surface area contributed by atoms with Gasteiger partial charge < -0.3 is 133 Å². The highest BCUT2D eigenvalue weighted by Gasteiger charge is 2.81. The van der Waals surface area contributed by atoms with Gasteiger partial charge in [-0.25, -0.2) is 4.79 Å². The van der Waals surface area contributed by atoms with E-state index in [1.54, 1.807) is 0 Å². The van der Waals surface area contributed by atoms with Gasteiger partial charge in [0, 0.05) is 11.8 Å². The van der Waals surface area contributed by atoms with E-state index in [0.717, 1.165) is 19.3 Å². The van der Waals surface area contributed by atoms with Crippen molar-refractivity contribution in [3.8, 4) is 0 Å².